The Morgan fingerprint density at radius 1 is 1.26 bits per heavy atom. The molecule has 0 saturated heterocycles. The van der Waals surface area contributed by atoms with Crippen LogP contribution >= 0.6 is 0 Å². The van der Waals surface area contributed by atoms with Gasteiger partial charge in [-0.25, -0.2) is 0 Å². The molecule has 0 heterocycles. The summed E-state index contributed by atoms with van der Waals surface area (Å²) < 4.78 is 10.9. The molecule has 5 heteroatoms. The number of methoxy groups -OCH3 is 1. The third-order valence-corrected chi connectivity index (χ3v) is 3.46. The van der Waals surface area contributed by atoms with Gasteiger partial charge in [0.1, 0.15) is 0 Å². The maximum Gasteiger partial charge on any atom is 0.234 e. The molecule has 0 atom stereocenters. The second kappa shape index (κ2) is 10.1. The van der Waals surface area contributed by atoms with Crippen molar-refractivity contribution in [2.75, 3.05) is 33.4 Å². The Bertz CT molecular complexity index is 489. The quantitative estimate of drug-likeness (QED) is 0.719. The smallest absolute Gasteiger partial charge is 0.234 e. The summed E-state index contributed by atoms with van der Waals surface area (Å²) in [6, 6.07) is 5.91. The molecule has 0 aromatic heterocycles. The van der Waals surface area contributed by atoms with Crippen molar-refractivity contribution in [2.45, 2.75) is 34.2 Å². The fourth-order valence-corrected chi connectivity index (χ4v) is 2.20. The van der Waals surface area contributed by atoms with E-state index in [0.29, 0.717) is 32.2 Å². The topological polar surface area (TPSA) is 50.8 Å². The summed E-state index contributed by atoms with van der Waals surface area (Å²) in [6.07, 6.45) is 0. The number of benzene rings is 1. The maximum atomic E-state index is 12.0. The van der Waals surface area contributed by atoms with Gasteiger partial charge in [-0.3, -0.25) is 9.69 Å². The van der Waals surface area contributed by atoms with Crippen LogP contribution in [0.1, 0.15) is 33.3 Å². The van der Waals surface area contributed by atoms with Crippen molar-refractivity contribution in [2.24, 2.45) is 5.92 Å². The van der Waals surface area contributed by atoms with Crippen molar-refractivity contribution in [3.05, 3.63) is 23.8 Å². The Morgan fingerprint density at radius 2 is 2.00 bits per heavy atom. The molecule has 1 N–H and O–H groups in total. The number of nitrogens with zero attached hydrogens (tertiary/aromatic N) is 1. The van der Waals surface area contributed by atoms with Crippen LogP contribution in [0, 0.1) is 5.92 Å². The highest BCUT2D eigenvalue weighted by Gasteiger charge is 2.12. The van der Waals surface area contributed by atoms with Crippen LogP contribution < -0.4 is 14.8 Å². The van der Waals surface area contributed by atoms with E-state index >= 15 is 0 Å². The van der Waals surface area contributed by atoms with Crippen LogP contribution in [0.5, 0.6) is 11.5 Å². The molecule has 130 valence electrons. The zero-order valence-corrected chi connectivity index (χ0v) is 15.0. The summed E-state index contributed by atoms with van der Waals surface area (Å²) in [5.74, 6) is 2.00. The van der Waals surface area contributed by atoms with E-state index in [1.165, 1.54) is 0 Å². The summed E-state index contributed by atoms with van der Waals surface area (Å²) in [4.78, 5) is 14.1. The number of nitrogens with one attached hydrogen (secondary N) is 1. The molecule has 0 aliphatic rings. The molecule has 0 unspecified atom stereocenters. The van der Waals surface area contributed by atoms with E-state index in [1.807, 2.05) is 25.1 Å². The lowest BCUT2D eigenvalue weighted by molar-refractivity contribution is -0.122. The summed E-state index contributed by atoms with van der Waals surface area (Å²) in [7, 11) is 1.64. The normalized spacial score (nSPS) is 10.9. The van der Waals surface area contributed by atoms with E-state index in [-0.39, 0.29) is 5.91 Å². The van der Waals surface area contributed by atoms with Crippen LogP contribution in [-0.4, -0.2) is 44.2 Å². The molecular weight excluding hydrogens is 292 g/mol. The van der Waals surface area contributed by atoms with E-state index in [9.17, 15) is 4.79 Å². The maximum absolute atomic E-state index is 12.0. The Balaban J connectivity index is 2.66. The van der Waals surface area contributed by atoms with Crippen molar-refractivity contribution in [1.29, 1.82) is 0 Å². The second-order valence-corrected chi connectivity index (χ2v) is 5.92. The van der Waals surface area contributed by atoms with Crippen LogP contribution in [0.25, 0.3) is 0 Å². The minimum Gasteiger partial charge on any atom is -0.493 e. The van der Waals surface area contributed by atoms with Gasteiger partial charge in [-0.2, -0.15) is 0 Å². The monoisotopic (exact) mass is 322 g/mol. The Morgan fingerprint density at radius 3 is 2.57 bits per heavy atom. The second-order valence-electron chi connectivity index (χ2n) is 5.92. The largest absolute Gasteiger partial charge is 0.493 e. The van der Waals surface area contributed by atoms with Crippen molar-refractivity contribution >= 4 is 5.91 Å². The highest BCUT2D eigenvalue weighted by Crippen LogP contribution is 2.28. The van der Waals surface area contributed by atoms with E-state index in [1.54, 1.807) is 7.11 Å². The zero-order chi connectivity index (χ0) is 17.2. The van der Waals surface area contributed by atoms with Gasteiger partial charge < -0.3 is 14.8 Å². The lowest BCUT2D eigenvalue weighted by atomic mass is 10.2. The van der Waals surface area contributed by atoms with Gasteiger partial charge in [0.15, 0.2) is 11.5 Å². The Hall–Kier alpha value is -1.75. The van der Waals surface area contributed by atoms with Gasteiger partial charge in [0.2, 0.25) is 5.91 Å². The van der Waals surface area contributed by atoms with Crippen molar-refractivity contribution < 1.29 is 14.3 Å². The molecule has 0 fully saturated rings. The number of hydrogen-bond acceptors (Lipinski definition) is 4. The van der Waals surface area contributed by atoms with Crippen molar-refractivity contribution in [3.8, 4) is 11.5 Å². The summed E-state index contributed by atoms with van der Waals surface area (Å²) >= 11 is 0. The molecular formula is C18H30N2O3. The molecule has 0 saturated carbocycles. The number of hydrogen-bond donors (Lipinski definition) is 1. The molecule has 0 bridgehead atoms. The predicted octanol–water partition coefficient (Wildman–Crippen LogP) is 2.69. The Kier molecular flexibility index (Phi) is 8.48. The van der Waals surface area contributed by atoms with Crippen LogP contribution in [0.4, 0.5) is 0 Å². The SMILES string of the molecule is CCOc1ccc(CN(CC)CC(=O)NCC(C)C)cc1OC. The first-order valence-corrected chi connectivity index (χ1v) is 8.28. The fraction of sp³-hybridized carbons (Fsp3) is 0.611. The van der Waals surface area contributed by atoms with Gasteiger partial charge >= 0.3 is 0 Å². The zero-order valence-electron chi connectivity index (χ0n) is 15.0. The minimum atomic E-state index is 0.0680. The third kappa shape index (κ3) is 6.91. The molecule has 0 radical (unpaired) electrons. The minimum absolute atomic E-state index is 0.0680. The third-order valence-electron chi connectivity index (χ3n) is 3.46. The predicted molar refractivity (Wildman–Crippen MR) is 93.0 cm³/mol. The van der Waals surface area contributed by atoms with Crippen LogP contribution in [0.15, 0.2) is 18.2 Å². The number of carbonyl (C=O) groups excluding carboxylic acids is 1. The molecule has 1 aromatic carbocycles. The first-order chi connectivity index (χ1) is 11.0. The Labute approximate surface area is 140 Å². The van der Waals surface area contributed by atoms with E-state index in [0.717, 1.165) is 23.6 Å². The lowest BCUT2D eigenvalue weighted by Crippen LogP contribution is -2.38. The average Bonchev–Trinajstić information content (AvgIpc) is 2.53. The molecule has 1 aromatic rings. The van der Waals surface area contributed by atoms with Gasteiger partial charge in [0.05, 0.1) is 20.3 Å². The van der Waals surface area contributed by atoms with Crippen molar-refractivity contribution in [3.63, 3.8) is 0 Å². The number of amides is 1. The number of ether oxygens (including phenoxy) is 2. The van der Waals surface area contributed by atoms with E-state index in [2.05, 4.69) is 31.0 Å². The van der Waals surface area contributed by atoms with E-state index in [4.69, 9.17) is 9.47 Å². The number of rotatable bonds is 10. The van der Waals surface area contributed by atoms with Gasteiger partial charge in [0.25, 0.3) is 0 Å². The first-order valence-electron chi connectivity index (χ1n) is 8.28. The van der Waals surface area contributed by atoms with E-state index < -0.39 is 0 Å². The molecule has 5 nitrogen and oxygen atoms in total. The molecule has 23 heavy (non-hydrogen) atoms. The first kappa shape index (κ1) is 19.3. The fourth-order valence-electron chi connectivity index (χ4n) is 2.20. The molecule has 1 amide bonds. The summed E-state index contributed by atoms with van der Waals surface area (Å²) in [6.45, 7) is 11.4. The molecule has 0 aliphatic carbocycles. The average molecular weight is 322 g/mol. The van der Waals surface area contributed by atoms with Crippen LogP contribution in [0.3, 0.4) is 0 Å². The highest BCUT2D eigenvalue weighted by molar-refractivity contribution is 5.78. The standard InChI is InChI=1S/C18H30N2O3/c1-6-20(13-18(21)19-11-14(3)4)12-15-8-9-16(23-7-2)17(10-15)22-5/h8-10,14H,6-7,11-13H2,1-5H3,(H,19,21). The summed E-state index contributed by atoms with van der Waals surface area (Å²) in [5, 5.41) is 2.96. The van der Waals surface area contributed by atoms with Crippen LogP contribution in [-0.2, 0) is 11.3 Å². The number of likely N-dealkylation sites (N-methyl/N-ethyl adjacent to an activating group) is 1. The summed E-state index contributed by atoms with van der Waals surface area (Å²) in [5.41, 5.74) is 1.10. The molecule has 0 spiro atoms. The molecule has 1 rings (SSSR count). The van der Waals surface area contributed by atoms with Crippen LogP contribution in [0.2, 0.25) is 0 Å². The van der Waals surface area contributed by atoms with Gasteiger partial charge in [-0.05, 0) is 37.1 Å². The lowest BCUT2D eigenvalue weighted by Gasteiger charge is -2.21. The van der Waals surface area contributed by atoms with Gasteiger partial charge in [-0.1, -0.05) is 26.8 Å². The number of carbonyl (C=O) groups is 1. The highest BCUT2D eigenvalue weighted by atomic mass is 16.5. The van der Waals surface area contributed by atoms with Gasteiger partial charge in [-0.15, -0.1) is 0 Å². The van der Waals surface area contributed by atoms with Gasteiger partial charge in [0, 0.05) is 13.1 Å². The van der Waals surface area contributed by atoms with Crippen molar-refractivity contribution in [1.82, 2.24) is 10.2 Å². The molecule has 0 aliphatic heterocycles.